The molecule has 7 nitrogen and oxygen atoms in total. The zero-order valence-corrected chi connectivity index (χ0v) is 16.7. The largest absolute Gasteiger partial charge is 0.370 e. The minimum Gasteiger partial charge on any atom is -0.370 e. The van der Waals surface area contributed by atoms with Crippen LogP contribution in [0, 0.1) is 0 Å². The van der Waals surface area contributed by atoms with Crippen molar-refractivity contribution in [2.75, 3.05) is 32.0 Å². The molecule has 1 fully saturated rings. The summed E-state index contributed by atoms with van der Waals surface area (Å²) in [5.41, 5.74) is 2.82. The fraction of sp³-hybridized carbons (Fsp3) is 0.524. The molecule has 0 spiro atoms. The van der Waals surface area contributed by atoms with Crippen LogP contribution in [0.15, 0.2) is 24.4 Å². The maximum absolute atomic E-state index is 11.8. The van der Waals surface area contributed by atoms with Crippen molar-refractivity contribution in [3.63, 3.8) is 0 Å². The van der Waals surface area contributed by atoms with E-state index in [9.17, 15) is 4.79 Å². The topological polar surface area (TPSA) is 74.2 Å². The number of aromatic nitrogens is 3. The van der Waals surface area contributed by atoms with Crippen LogP contribution in [-0.2, 0) is 17.8 Å². The fourth-order valence-corrected chi connectivity index (χ4v) is 4.16. The second-order valence-corrected chi connectivity index (χ2v) is 7.72. The normalized spacial score (nSPS) is 19.5. The number of nitrogens with zero attached hydrogens (tertiary/aromatic N) is 5. The molecule has 7 heteroatoms. The van der Waals surface area contributed by atoms with E-state index in [-0.39, 0.29) is 5.91 Å². The van der Waals surface area contributed by atoms with Gasteiger partial charge in [-0.3, -0.25) is 9.78 Å². The van der Waals surface area contributed by atoms with Gasteiger partial charge in [0.2, 0.25) is 5.91 Å². The van der Waals surface area contributed by atoms with Gasteiger partial charge in [0.25, 0.3) is 0 Å². The average Bonchev–Trinajstić information content (AvgIpc) is 3.12. The third kappa shape index (κ3) is 3.99. The van der Waals surface area contributed by atoms with E-state index in [0.717, 1.165) is 42.2 Å². The molecule has 28 heavy (non-hydrogen) atoms. The van der Waals surface area contributed by atoms with Crippen LogP contribution in [0.4, 0.5) is 5.82 Å². The zero-order chi connectivity index (χ0) is 19.5. The quantitative estimate of drug-likeness (QED) is 0.858. The van der Waals surface area contributed by atoms with Crippen molar-refractivity contribution in [2.45, 2.75) is 45.2 Å². The molecule has 0 bridgehead atoms. The molecule has 0 saturated carbocycles. The summed E-state index contributed by atoms with van der Waals surface area (Å²) < 4.78 is 0. The summed E-state index contributed by atoms with van der Waals surface area (Å²) in [6.45, 7) is 4.94. The first-order chi connectivity index (χ1) is 13.6. The van der Waals surface area contributed by atoms with Gasteiger partial charge in [-0.25, -0.2) is 9.97 Å². The summed E-state index contributed by atoms with van der Waals surface area (Å²) in [6, 6.07) is 6.39. The van der Waals surface area contributed by atoms with Crippen molar-refractivity contribution in [3.8, 4) is 11.5 Å². The molecule has 2 aliphatic rings. The molecule has 0 radical (unpaired) electrons. The molecular formula is C21H28N6O. The lowest BCUT2D eigenvalue weighted by atomic mass is 10.0. The number of carbonyl (C=O) groups is 1. The van der Waals surface area contributed by atoms with Crippen LogP contribution >= 0.6 is 0 Å². The van der Waals surface area contributed by atoms with Crippen LogP contribution in [0.2, 0.25) is 0 Å². The summed E-state index contributed by atoms with van der Waals surface area (Å²) in [5.74, 6) is 1.60. The van der Waals surface area contributed by atoms with Gasteiger partial charge in [0.15, 0.2) is 5.82 Å². The average molecular weight is 380 g/mol. The third-order valence-electron chi connectivity index (χ3n) is 5.85. The highest BCUT2D eigenvalue weighted by Crippen LogP contribution is 2.27. The molecule has 2 aromatic rings. The molecular weight excluding hydrogens is 352 g/mol. The van der Waals surface area contributed by atoms with E-state index >= 15 is 0 Å². The Bertz CT molecular complexity index is 840. The van der Waals surface area contributed by atoms with Crippen LogP contribution in [0.3, 0.4) is 0 Å². The lowest BCUT2D eigenvalue weighted by molar-refractivity contribution is -0.129. The van der Waals surface area contributed by atoms with Gasteiger partial charge in [-0.2, -0.15) is 0 Å². The molecule has 1 amide bonds. The molecule has 148 valence electrons. The minimum atomic E-state index is 0.0856. The SMILES string of the molecule is CC(=O)N1CCc2c(nc(-c3ccccn3)nc2NCC[C@H]2CCCN2C)C1. The van der Waals surface area contributed by atoms with E-state index in [4.69, 9.17) is 9.97 Å². The first-order valence-electron chi connectivity index (χ1n) is 10.1. The Morgan fingerprint density at radius 3 is 2.89 bits per heavy atom. The maximum Gasteiger partial charge on any atom is 0.219 e. The fourth-order valence-electron chi connectivity index (χ4n) is 4.16. The highest BCUT2D eigenvalue weighted by Gasteiger charge is 2.25. The number of nitrogens with one attached hydrogen (secondary N) is 1. The van der Waals surface area contributed by atoms with Crippen LogP contribution in [0.1, 0.15) is 37.4 Å². The Morgan fingerprint density at radius 2 is 2.18 bits per heavy atom. The highest BCUT2D eigenvalue weighted by atomic mass is 16.2. The van der Waals surface area contributed by atoms with Gasteiger partial charge in [-0.15, -0.1) is 0 Å². The Balaban J connectivity index is 1.58. The smallest absolute Gasteiger partial charge is 0.219 e. The number of anilines is 1. The molecule has 1 saturated heterocycles. The van der Waals surface area contributed by atoms with Crippen LogP contribution in [0.5, 0.6) is 0 Å². The summed E-state index contributed by atoms with van der Waals surface area (Å²) in [7, 11) is 2.21. The predicted octanol–water partition coefficient (Wildman–Crippen LogP) is 2.34. The number of amides is 1. The summed E-state index contributed by atoms with van der Waals surface area (Å²) >= 11 is 0. The Hall–Kier alpha value is -2.54. The van der Waals surface area contributed by atoms with Gasteiger partial charge in [0, 0.05) is 37.8 Å². The Kier molecular flexibility index (Phi) is 5.52. The zero-order valence-electron chi connectivity index (χ0n) is 16.7. The number of carbonyl (C=O) groups excluding carboxylic acids is 1. The van der Waals surface area contributed by atoms with Gasteiger partial charge in [0.1, 0.15) is 11.5 Å². The molecule has 4 rings (SSSR count). The number of hydrogen-bond donors (Lipinski definition) is 1. The number of pyridine rings is 1. The Labute approximate surface area is 166 Å². The van der Waals surface area contributed by atoms with Gasteiger partial charge in [-0.05, 0) is 51.4 Å². The van der Waals surface area contributed by atoms with Gasteiger partial charge >= 0.3 is 0 Å². The number of likely N-dealkylation sites (tertiary alicyclic amines) is 1. The van der Waals surface area contributed by atoms with Crippen molar-refractivity contribution >= 4 is 11.7 Å². The van der Waals surface area contributed by atoms with Gasteiger partial charge in [0.05, 0.1) is 12.2 Å². The third-order valence-corrected chi connectivity index (χ3v) is 5.85. The van der Waals surface area contributed by atoms with E-state index in [1.807, 2.05) is 23.1 Å². The van der Waals surface area contributed by atoms with E-state index in [2.05, 4.69) is 22.2 Å². The summed E-state index contributed by atoms with van der Waals surface area (Å²) in [4.78, 5) is 30.1. The standard InChI is InChI=1S/C21H28N6O/c1-15(28)27-13-9-17-19(14-27)24-21(18-7-3-4-10-22-18)25-20(17)23-11-8-16-6-5-12-26(16)2/h3-4,7,10,16H,5-6,8-9,11-14H2,1-2H3,(H,23,24,25)/t16-/m1/s1. The molecule has 0 aromatic carbocycles. The van der Waals surface area contributed by atoms with Crippen molar-refractivity contribution in [2.24, 2.45) is 0 Å². The molecule has 0 unspecified atom stereocenters. The first-order valence-corrected chi connectivity index (χ1v) is 10.1. The molecule has 0 aliphatic carbocycles. The van der Waals surface area contributed by atoms with Gasteiger partial charge < -0.3 is 15.1 Å². The van der Waals surface area contributed by atoms with Crippen molar-refractivity contribution in [3.05, 3.63) is 35.7 Å². The van der Waals surface area contributed by atoms with Crippen LogP contribution in [0.25, 0.3) is 11.5 Å². The number of fused-ring (bicyclic) bond motifs is 1. The molecule has 2 aromatic heterocycles. The minimum absolute atomic E-state index is 0.0856. The van der Waals surface area contributed by atoms with E-state index in [1.54, 1.807) is 13.1 Å². The lowest BCUT2D eigenvalue weighted by Crippen LogP contribution is -2.35. The molecule has 1 N–H and O–H groups in total. The number of rotatable bonds is 5. The maximum atomic E-state index is 11.8. The van der Waals surface area contributed by atoms with Crippen molar-refractivity contribution < 1.29 is 4.79 Å². The Morgan fingerprint density at radius 1 is 1.29 bits per heavy atom. The predicted molar refractivity (Wildman–Crippen MR) is 109 cm³/mol. The van der Waals surface area contributed by atoms with E-state index < -0.39 is 0 Å². The molecule has 1 atom stereocenters. The highest BCUT2D eigenvalue weighted by molar-refractivity contribution is 5.74. The second-order valence-electron chi connectivity index (χ2n) is 7.72. The van der Waals surface area contributed by atoms with Crippen molar-refractivity contribution in [1.29, 1.82) is 0 Å². The number of hydrogen-bond acceptors (Lipinski definition) is 6. The van der Waals surface area contributed by atoms with Crippen LogP contribution < -0.4 is 5.32 Å². The summed E-state index contributed by atoms with van der Waals surface area (Å²) in [6.07, 6.45) is 6.20. The first kappa shape index (κ1) is 18.8. The molecule has 2 aliphatic heterocycles. The van der Waals surface area contributed by atoms with Crippen LogP contribution in [-0.4, -0.2) is 63.4 Å². The monoisotopic (exact) mass is 380 g/mol. The van der Waals surface area contributed by atoms with E-state index in [1.165, 1.54) is 19.4 Å². The van der Waals surface area contributed by atoms with Gasteiger partial charge in [-0.1, -0.05) is 6.07 Å². The molecule has 4 heterocycles. The lowest BCUT2D eigenvalue weighted by Gasteiger charge is -2.29. The second kappa shape index (κ2) is 8.22. The van der Waals surface area contributed by atoms with E-state index in [0.29, 0.717) is 25.0 Å². The van der Waals surface area contributed by atoms with Crippen molar-refractivity contribution in [1.82, 2.24) is 24.8 Å². The summed E-state index contributed by atoms with van der Waals surface area (Å²) in [5, 5.41) is 3.57.